The van der Waals surface area contributed by atoms with Gasteiger partial charge in [-0.1, -0.05) is 12.1 Å². The van der Waals surface area contributed by atoms with Gasteiger partial charge in [0.25, 0.3) is 0 Å². The first-order valence-electron chi connectivity index (χ1n) is 5.32. The number of carbonyl (C=O) groups is 1. The van der Waals surface area contributed by atoms with Crippen LogP contribution in [-0.2, 0) is 16.1 Å². The Morgan fingerprint density at radius 2 is 2.29 bits per heavy atom. The van der Waals surface area contributed by atoms with Crippen LogP contribution < -0.4 is 11.1 Å². The zero-order valence-corrected chi connectivity index (χ0v) is 10.00. The van der Waals surface area contributed by atoms with Crippen LogP contribution in [-0.4, -0.2) is 25.7 Å². The van der Waals surface area contributed by atoms with Crippen LogP contribution in [0.5, 0.6) is 0 Å². The molecular weight excluding hydrogens is 223 g/mol. The third-order valence-electron chi connectivity index (χ3n) is 2.37. The summed E-state index contributed by atoms with van der Waals surface area (Å²) in [5.74, 6) is -0.537. The van der Waals surface area contributed by atoms with E-state index in [9.17, 15) is 9.18 Å². The summed E-state index contributed by atoms with van der Waals surface area (Å²) in [7, 11) is 1.48. The normalized spacial score (nSPS) is 12.2. The largest absolute Gasteiger partial charge is 0.383 e. The molecule has 17 heavy (non-hydrogen) atoms. The highest BCUT2D eigenvalue weighted by atomic mass is 19.1. The van der Waals surface area contributed by atoms with Gasteiger partial charge in [0.15, 0.2) is 0 Å². The summed E-state index contributed by atoms with van der Waals surface area (Å²) >= 11 is 0. The van der Waals surface area contributed by atoms with Crippen molar-refractivity contribution < 1.29 is 13.9 Å². The van der Waals surface area contributed by atoms with Gasteiger partial charge in [-0.3, -0.25) is 4.79 Å². The first-order valence-corrected chi connectivity index (χ1v) is 5.32. The molecule has 4 nitrogen and oxygen atoms in total. The fourth-order valence-corrected chi connectivity index (χ4v) is 1.39. The van der Waals surface area contributed by atoms with E-state index in [1.807, 2.05) is 0 Å². The molecule has 5 heteroatoms. The van der Waals surface area contributed by atoms with Crippen molar-refractivity contribution in [3.8, 4) is 0 Å². The van der Waals surface area contributed by atoms with Crippen molar-refractivity contribution in [2.24, 2.45) is 5.73 Å². The fourth-order valence-electron chi connectivity index (χ4n) is 1.39. The number of carbonyl (C=O) groups excluding carboxylic acids is 1. The van der Waals surface area contributed by atoms with Crippen molar-refractivity contribution in [1.29, 1.82) is 0 Å². The van der Waals surface area contributed by atoms with Gasteiger partial charge in [0.05, 0.1) is 6.61 Å². The maximum atomic E-state index is 13.0. The quantitative estimate of drug-likeness (QED) is 0.797. The number of amides is 1. The first-order chi connectivity index (χ1) is 8.04. The summed E-state index contributed by atoms with van der Waals surface area (Å²) in [6.45, 7) is 2.18. The molecule has 1 aromatic rings. The second-order valence-electron chi connectivity index (χ2n) is 3.86. The molecule has 0 saturated carbocycles. The molecule has 94 valence electrons. The Kier molecular flexibility index (Phi) is 5.06. The van der Waals surface area contributed by atoms with Crippen LogP contribution in [0, 0.1) is 12.7 Å². The zero-order valence-electron chi connectivity index (χ0n) is 10.00. The number of methoxy groups -OCH3 is 1. The van der Waals surface area contributed by atoms with E-state index in [4.69, 9.17) is 10.5 Å². The van der Waals surface area contributed by atoms with Gasteiger partial charge in [-0.05, 0) is 24.1 Å². The van der Waals surface area contributed by atoms with E-state index >= 15 is 0 Å². The van der Waals surface area contributed by atoms with Gasteiger partial charge in [0, 0.05) is 13.7 Å². The van der Waals surface area contributed by atoms with Crippen LogP contribution in [0.1, 0.15) is 11.1 Å². The highest BCUT2D eigenvalue weighted by Crippen LogP contribution is 2.08. The number of hydrogen-bond donors (Lipinski definition) is 2. The number of nitrogens with two attached hydrogens (primary N) is 1. The lowest BCUT2D eigenvalue weighted by molar-refractivity contribution is -0.123. The summed E-state index contributed by atoms with van der Waals surface area (Å²) in [4.78, 5) is 11.5. The summed E-state index contributed by atoms with van der Waals surface area (Å²) in [6, 6.07) is 4.02. The molecule has 1 unspecified atom stereocenters. The molecule has 0 bridgehead atoms. The molecule has 0 saturated heterocycles. The average Bonchev–Trinajstić information content (AvgIpc) is 2.30. The lowest BCUT2D eigenvalue weighted by atomic mass is 10.1. The molecule has 0 aliphatic carbocycles. The summed E-state index contributed by atoms with van der Waals surface area (Å²) in [5.41, 5.74) is 6.94. The molecule has 0 aliphatic rings. The lowest BCUT2D eigenvalue weighted by Gasteiger charge is -2.11. The number of ether oxygens (including phenoxy) is 1. The van der Waals surface area contributed by atoms with Crippen LogP contribution in [0.4, 0.5) is 4.39 Å². The summed E-state index contributed by atoms with van der Waals surface area (Å²) in [6.07, 6.45) is 0. The van der Waals surface area contributed by atoms with E-state index in [0.29, 0.717) is 12.1 Å². The maximum Gasteiger partial charge on any atom is 0.239 e. The zero-order chi connectivity index (χ0) is 12.8. The van der Waals surface area contributed by atoms with Crippen molar-refractivity contribution in [3.05, 3.63) is 35.1 Å². The smallest absolute Gasteiger partial charge is 0.239 e. The highest BCUT2D eigenvalue weighted by Gasteiger charge is 2.12. The maximum absolute atomic E-state index is 13.0. The molecule has 0 aromatic heterocycles. The Balaban J connectivity index is 2.50. The van der Waals surface area contributed by atoms with Gasteiger partial charge in [-0.2, -0.15) is 0 Å². The molecule has 3 N–H and O–H groups in total. The van der Waals surface area contributed by atoms with Crippen LogP contribution >= 0.6 is 0 Å². The number of benzene rings is 1. The second kappa shape index (κ2) is 6.32. The van der Waals surface area contributed by atoms with Crippen LogP contribution in [0.25, 0.3) is 0 Å². The Morgan fingerprint density at radius 1 is 1.59 bits per heavy atom. The monoisotopic (exact) mass is 240 g/mol. The summed E-state index contributed by atoms with van der Waals surface area (Å²) < 4.78 is 17.8. The van der Waals surface area contributed by atoms with Gasteiger partial charge in [-0.15, -0.1) is 0 Å². The Hall–Kier alpha value is -1.46. The van der Waals surface area contributed by atoms with Crippen LogP contribution in [0.3, 0.4) is 0 Å². The highest BCUT2D eigenvalue weighted by molar-refractivity contribution is 5.81. The van der Waals surface area contributed by atoms with Gasteiger partial charge in [0.1, 0.15) is 11.9 Å². The summed E-state index contributed by atoms with van der Waals surface area (Å²) in [5, 5.41) is 2.66. The molecule has 1 rings (SSSR count). The van der Waals surface area contributed by atoms with E-state index in [1.54, 1.807) is 19.1 Å². The molecule has 0 spiro atoms. The van der Waals surface area contributed by atoms with Gasteiger partial charge >= 0.3 is 0 Å². The minimum atomic E-state index is -0.679. The third-order valence-corrected chi connectivity index (χ3v) is 2.37. The average molecular weight is 240 g/mol. The van der Waals surface area contributed by atoms with Crippen molar-refractivity contribution in [2.45, 2.75) is 19.5 Å². The Labute approximate surface area is 100.0 Å². The van der Waals surface area contributed by atoms with Gasteiger partial charge < -0.3 is 15.8 Å². The predicted octanol–water partition coefficient (Wildman–Crippen LogP) is 0.724. The standard InChI is InChI=1S/C12H17FN2O2/c1-8-5-9(3-4-10(8)13)6-15-12(16)11(14)7-17-2/h3-5,11H,6-7,14H2,1-2H3,(H,15,16). The topological polar surface area (TPSA) is 64.3 Å². The number of hydrogen-bond acceptors (Lipinski definition) is 3. The van der Waals surface area contributed by atoms with Crippen LogP contribution in [0.2, 0.25) is 0 Å². The molecule has 0 aliphatic heterocycles. The lowest BCUT2D eigenvalue weighted by Crippen LogP contribution is -2.43. The van der Waals surface area contributed by atoms with Crippen molar-refractivity contribution >= 4 is 5.91 Å². The Bertz CT molecular complexity index is 396. The van der Waals surface area contributed by atoms with E-state index in [1.165, 1.54) is 13.2 Å². The van der Waals surface area contributed by atoms with Crippen molar-refractivity contribution in [1.82, 2.24) is 5.32 Å². The molecular formula is C12H17FN2O2. The van der Waals surface area contributed by atoms with Gasteiger partial charge in [-0.25, -0.2) is 4.39 Å². The number of halogens is 1. The van der Waals surface area contributed by atoms with Crippen molar-refractivity contribution in [2.75, 3.05) is 13.7 Å². The van der Waals surface area contributed by atoms with E-state index in [-0.39, 0.29) is 18.3 Å². The number of nitrogens with one attached hydrogen (secondary N) is 1. The minimum absolute atomic E-state index is 0.175. The van der Waals surface area contributed by atoms with Gasteiger partial charge in [0.2, 0.25) is 5.91 Å². The molecule has 1 aromatic carbocycles. The molecule has 0 fully saturated rings. The SMILES string of the molecule is COCC(N)C(=O)NCc1ccc(F)c(C)c1. The number of aryl methyl sites for hydroxylation is 1. The van der Waals surface area contributed by atoms with Crippen LogP contribution in [0.15, 0.2) is 18.2 Å². The predicted molar refractivity (Wildman–Crippen MR) is 62.8 cm³/mol. The molecule has 0 radical (unpaired) electrons. The first kappa shape index (κ1) is 13.6. The molecule has 0 heterocycles. The van der Waals surface area contributed by atoms with Crippen molar-refractivity contribution in [3.63, 3.8) is 0 Å². The second-order valence-corrected chi connectivity index (χ2v) is 3.86. The molecule has 1 amide bonds. The number of rotatable bonds is 5. The van der Waals surface area contributed by atoms with E-state index in [2.05, 4.69) is 5.32 Å². The molecule has 1 atom stereocenters. The third kappa shape index (κ3) is 4.13. The van der Waals surface area contributed by atoms with E-state index in [0.717, 1.165) is 5.56 Å². The Morgan fingerprint density at radius 3 is 2.88 bits per heavy atom. The van der Waals surface area contributed by atoms with E-state index < -0.39 is 6.04 Å². The fraction of sp³-hybridized carbons (Fsp3) is 0.417. The minimum Gasteiger partial charge on any atom is -0.383 e.